The molecule has 112 valence electrons. The molecule has 1 N–H and O–H groups in total. The number of nitrogens with one attached hydrogen (secondary N) is 1. The smallest absolute Gasteiger partial charge is 0.231 e. The normalized spacial score (nSPS) is 17.9. The molecule has 0 aliphatic carbocycles. The Balaban J connectivity index is 1.95. The Labute approximate surface area is 120 Å². The van der Waals surface area contributed by atoms with Crippen LogP contribution in [0.2, 0.25) is 0 Å². The molecule has 0 bridgehead atoms. The number of carbonyl (C=O) groups is 1. The quantitative estimate of drug-likeness (QED) is 0.817. The van der Waals surface area contributed by atoms with Crippen molar-refractivity contribution in [2.75, 3.05) is 40.4 Å². The van der Waals surface area contributed by atoms with Crippen molar-refractivity contribution in [2.45, 2.75) is 19.4 Å². The molecular weight excluding hydrogens is 256 g/mol. The van der Waals surface area contributed by atoms with E-state index in [9.17, 15) is 4.79 Å². The lowest BCUT2D eigenvalue weighted by Gasteiger charge is -2.38. The van der Waals surface area contributed by atoms with Crippen molar-refractivity contribution in [3.8, 4) is 0 Å². The highest BCUT2D eigenvalue weighted by atomic mass is 16.5. The number of amides is 1. The zero-order valence-corrected chi connectivity index (χ0v) is 12.3. The highest BCUT2D eigenvalue weighted by Gasteiger charge is 2.41. The zero-order chi connectivity index (χ0) is 14.4. The summed E-state index contributed by atoms with van der Waals surface area (Å²) in [5, 5.41) is 7.46. The largest absolute Gasteiger partial charge is 0.384 e. The topological polar surface area (TPSA) is 59.4 Å². The minimum absolute atomic E-state index is 0.188. The van der Waals surface area contributed by atoms with Gasteiger partial charge in [-0.15, -0.1) is 0 Å². The summed E-state index contributed by atoms with van der Waals surface area (Å²) >= 11 is 0. The van der Waals surface area contributed by atoms with Gasteiger partial charge in [0.15, 0.2) is 0 Å². The van der Waals surface area contributed by atoms with E-state index < -0.39 is 0 Å². The number of aromatic nitrogens is 2. The van der Waals surface area contributed by atoms with Gasteiger partial charge in [-0.05, 0) is 32.0 Å². The molecule has 1 aromatic rings. The van der Waals surface area contributed by atoms with Crippen molar-refractivity contribution >= 4 is 5.91 Å². The van der Waals surface area contributed by atoms with Crippen LogP contribution >= 0.6 is 0 Å². The average Bonchev–Trinajstić information content (AvgIpc) is 2.98. The van der Waals surface area contributed by atoms with E-state index in [0.29, 0.717) is 13.2 Å². The van der Waals surface area contributed by atoms with Gasteiger partial charge in [0.1, 0.15) is 0 Å². The summed E-state index contributed by atoms with van der Waals surface area (Å²) in [6, 6.07) is 1.89. The van der Waals surface area contributed by atoms with Crippen LogP contribution in [-0.4, -0.2) is 61.0 Å². The molecule has 0 saturated carbocycles. The molecule has 0 aromatic carbocycles. The molecule has 0 atom stereocenters. The Morgan fingerprint density at radius 2 is 2.25 bits per heavy atom. The lowest BCUT2D eigenvalue weighted by molar-refractivity contribution is -0.146. The first-order valence-corrected chi connectivity index (χ1v) is 7.11. The Morgan fingerprint density at radius 1 is 1.50 bits per heavy atom. The predicted octanol–water partition coefficient (Wildman–Crippen LogP) is 0.358. The van der Waals surface area contributed by atoms with Crippen molar-refractivity contribution in [1.82, 2.24) is 20.0 Å². The lowest BCUT2D eigenvalue weighted by atomic mass is 9.78. The fourth-order valence-corrected chi connectivity index (χ4v) is 2.79. The minimum Gasteiger partial charge on any atom is -0.384 e. The van der Waals surface area contributed by atoms with Crippen LogP contribution in [0.4, 0.5) is 0 Å². The van der Waals surface area contributed by atoms with Crippen LogP contribution < -0.4 is 5.32 Å². The molecule has 2 heterocycles. The molecule has 1 saturated heterocycles. The third-order valence-electron chi connectivity index (χ3n) is 4.01. The van der Waals surface area contributed by atoms with Gasteiger partial charge < -0.3 is 15.0 Å². The summed E-state index contributed by atoms with van der Waals surface area (Å²) in [6.45, 7) is 3.64. The number of ether oxygens (including phenoxy) is 1. The number of carbonyl (C=O) groups excluding carboxylic acids is 1. The van der Waals surface area contributed by atoms with Crippen LogP contribution in [-0.2, 0) is 16.1 Å². The van der Waals surface area contributed by atoms with Crippen LogP contribution in [0.1, 0.15) is 12.8 Å². The molecule has 6 heteroatoms. The zero-order valence-electron chi connectivity index (χ0n) is 12.3. The maximum absolute atomic E-state index is 12.8. The van der Waals surface area contributed by atoms with Gasteiger partial charge in [-0.1, -0.05) is 0 Å². The Kier molecular flexibility index (Phi) is 5.14. The molecule has 1 aliphatic rings. The van der Waals surface area contributed by atoms with Crippen molar-refractivity contribution < 1.29 is 9.53 Å². The first kappa shape index (κ1) is 15.0. The SMILES string of the molecule is COCC1(C(=O)N(C)CCn2cccn2)CCNCC1. The number of rotatable bonds is 6. The maximum atomic E-state index is 12.8. The summed E-state index contributed by atoms with van der Waals surface area (Å²) in [5.41, 5.74) is -0.362. The predicted molar refractivity (Wildman–Crippen MR) is 76.3 cm³/mol. The third-order valence-corrected chi connectivity index (χ3v) is 4.01. The van der Waals surface area contributed by atoms with E-state index in [1.807, 2.05) is 28.9 Å². The van der Waals surface area contributed by atoms with Crippen LogP contribution in [0.25, 0.3) is 0 Å². The van der Waals surface area contributed by atoms with Gasteiger partial charge in [0.2, 0.25) is 5.91 Å². The van der Waals surface area contributed by atoms with Crippen LogP contribution in [0.15, 0.2) is 18.5 Å². The van der Waals surface area contributed by atoms with Crippen LogP contribution in [0.5, 0.6) is 0 Å². The van der Waals surface area contributed by atoms with Gasteiger partial charge >= 0.3 is 0 Å². The second-order valence-electron chi connectivity index (χ2n) is 5.46. The van der Waals surface area contributed by atoms with E-state index in [-0.39, 0.29) is 11.3 Å². The van der Waals surface area contributed by atoms with E-state index in [2.05, 4.69) is 10.4 Å². The molecule has 1 aromatic heterocycles. The highest BCUT2D eigenvalue weighted by Crippen LogP contribution is 2.31. The van der Waals surface area contributed by atoms with Crippen molar-refractivity contribution in [1.29, 1.82) is 0 Å². The molecule has 1 fully saturated rings. The summed E-state index contributed by atoms with van der Waals surface area (Å²) in [4.78, 5) is 14.6. The van der Waals surface area contributed by atoms with Crippen LogP contribution in [0.3, 0.4) is 0 Å². The first-order chi connectivity index (χ1) is 9.68. The fraction of sp³-hybridized carbons (Fsp3) is 0.714. The van der Waals surface area contributed by atoms with Gasteiger partial charge in [0.05, 0.1) is 18.6 Å². The molecule has 0 radical (unpaired) electrons. The number of hydrogen-bond donors (Lipinski definition) is 1. The molecule has 1 aliphatic heterocycles. The summed E-state index contributed by atoms with van der Waals surface area (Å²) in [5.74, 6) is 0.188. The van der Waals surface area contributed by atoms with Gasteiger partial charge in [-0.3, -0.25) is 9.48 Å². The Bertz CT molecular complexity index is 407. The van der Waals surface area contributed by atoms with E-state index in [4.69, 9.17) is 4.74 Å². The summed E-state index contributed by atoms with van der Waals surface area (Å²) in [7, 11) is 3.53. The van der Waals surface area contributed by atoms with E-state index in [0.717, 1.165) is 32.5 Å². The highest BCUT2D eigenvalue weighted by molar-refractivity contribution is 5.82. The molecule has 0 unspecified atom stereocenters. The van der Waals surface area contributed by atoms with Gasteiger partial charge in [-0.2, -0.15) is 5.10 Å². The van der Waals surface area contributed by atoms with Gasteiger partial charge in [0.25, 0.3) is 0 Å². The number of methoxy groups -OCH3 is 1. The number of piperidine rings is 1. The standard InChI is InChI=1S/C14H24N4O2/c1-17(10-11-18-9-3-6-16-18)13(19)14(12-20-2)4-7-15-8-5-14/h3,6,9,15H,4-5,7-8,10-12H2,1-2H3. The monoisotopic (exact) mass is 280 g/mol. The van der Waals surface area contributed by atoms with Gasteiger partial charge in [-0.25, -0.2) is 0 Å². The van der Waals surface area contributed by atoms with Crippen LogP contribution in [0, 0.1) is 5.41 Å². The minimum atomic E-state index is -0.362. The molecule has 20 heavy (non-hydrogen) atoms. The maximum Gasteiger partial charge on any atom is 0.231 e. The second-order valence-corrected chi connectivity index (χ2v) is 5.46. The lowest BCUT2D eigenvalue weighted by Crippen LogP contribution is -2.51. The van der Waals surface area contributed by atoms with E-state index in [1.165, 1.54) is 0 Å². The van der Waals surface area contributed by atoms with Crippen molar-refractivity contribution in [2.24, 2.45) is 5.41 Å². The fourth-order valence-electron chi connectivity index (χ4n) is 2.79. The first-order valence-electron chi connectivity index (χ1n) is 7.11. The molecule has 6 nitrogen and oxygen atoms in total. The van der Waals surface area contributed by atoms with Gasteiger partial charge in [0, 0.05) is 33.1 Å². The van der Waals surface area contributed by atoms with E-state index in [1.54, 1.807) is 13.3 Å². The molecular formula is C14H24N4O2. The van der Waals surface area contributed by atoms with Crippen molar-refractivity contribution in [3.63, 3.8) is 0 Å². The third kappa shape index (κ3) is 3.37. The molecule has 0 spiro atoms. The molecule has 1 amide bonds. The Morgan fingerprint density at radius 3 is 2.85 bits per heavy atom. The van der Waals surface area contributed by atoms with E-state index >= 15 is 0 Å². The Hall–Kier alpha value is -1.40. The number of hydrogen-bond acceptors (Lipinski definition) is 4. The summed E-state index contributed by atoms with van der Waals surface area (Å²) in [6.07, 6.45) is 5.34. The average molecular weight is 280 g/mol. The number of likely N-dealkylation sites (N-methyl/N-ethyl adjacent to an activating group) is 1. The number of nitrogens with zero attached hydrogens (tertiary/aromatic N) is 3. The molecule has 2 rings (SSSR count). The van der Waals surface area contributed by atoms with Crippen molar-refractivity contribution in [3.05, 3.63) is 18.5 Å². The summed E-state index contributed by atoms with van der Waals surface area (Å²) < 4.78 is 7.16. The second kappa shape index (κ2) is 6.85.